The maximum atomic E-state index is 3.47. The summed E-state index contributed by atoms with van der Waals surface area (Å²) in [5, 5.41) is 0. The average molecular weight is 223 g/mol. The van der Waals surface area contributed by atoms with Gasteiger partial charge in [0.25, 0.3) is 0 Å². The number of hydrogen-bond donors (Lipinski definition) is 0. The van der Waals surface area contributed by atoms with Crippen LogP contribution < -0.4 is 0 Å². The van der Waals surface area contributed by atoms with E-state index in [1.165, 1.54) is 13.6 Å². The number of thioether (sulfide) groups is 1. The lowest BCUT2D eigenvalue weighted by atomic mass is 10.5. The Morgan fingerprint density at radius 3 is 2.56 bits per heavy atom. The zero-order valence-electron chi connectivity index (χ0n) is 5.27. The molecule has 9 heavy (non-hydrogen) atoms. The predicted molar refractivity (Wildman–Crippen MR) is 48.5 cm³/mol. The molecule has 0 aliphatic heterocycles. The topological polar surface area (TPSA) is 0 Å². The maximum Gasteiger partial charge on any atom is 0.0741 e. The third-order valence-electron chi connectivity index (χ3n) is 0.964. The van der Waals surface area contributed by atoms with Gasteiger partial charge in [0.1, 0.15) is 0 Å². The van der Waals surface area contributed by atoms with E-state index in [0.29, 0.717) is 0 Å². The molecule has 0 atom stereocenters. The normalized spacial score (nSPS) is 10.1. The van der Waals surface area contributed by atoms with Crippen LogP contribution in [0.4, 0.5) is 0 Å². The molecular formula is C6H7BrS2. The van der Waals surface area contributed by atoms with Gasteiger partial charge < -0.3 is 0 Å². The number of halogens is 1. The van der Waals surface area contributed by atoms with Crippen molar-refractivity contribution in [1.29, 1.82) is 0 Å². The first-order valence-electron chi connectivity index (χ1n) is 2.54. The second kappa shape index (κ2) is 3.08. The predicted octanol–water partition coefficient (Wildman–Crippen LogP) is 3.54. The Kier molecular flexibility index (Phi) is 2.61. The van der Waals surface area contributed by atoms with Crippen LogP contribution in [0.1, 0.15) is 4.88 Å². The lowest BCUT2D eigenvalue weighted by Crippen LogP contribution is -1.54. The molecule has 50 valence electrons. The Labute approximate surface area is 71.8 Å². The van der Waals surface area contributed by atoms with Gasteiger partial charge in [-0.1, -0.05) is 0 Å². The van der Waals surface area contributed by atoms with Gasteiger partial charge in [-0.3, -0.25) is 0 Å². The van der Waals surface area contributed by atoms with Crippen molar-refractivity contribution in [3.63, 3.8) is 0 Å². The summed E-state index contributed by atoms with van der Waals surface area (Å²) in [7, 11) is 0. The van der Waals surface area contributed by atoms with Crippen LogP contribution in [-0.4, -0.2) is 6.26 Å². The molecule has 1 aromatic rings. The SMILES string of the molecule is CSc1sc(C)cc1Br. The Morgan fingerprint density at radius 1 is 1.67 bits per heavy atom. The van der Waals surface area contributed by atoms with Crippen LogP contribution in [0.15, 0.2) is 14.7 Å². The van der Waals surface area contributed by atoms with Gasteiger partial charge in [-0.15, -0.1) is 23.1 Å². The van der Waals surface area contributed by atoms with Crippen LogP contribution in [0.2, 0.25) is 0 Å². The molecule has 0 N–H and O–H groups in total. The smallest absolute Gasteiger partial charge is 0.0741 e. The van der Waals surface area contributed by atoms with Crippen molar-refractivity contribution in [2.45, 2.75) is 11.1 Å². The summed E-state index contributed by atoms with van der Waals surface area (Å²) in [6.07, 6.45) is 2.09. The van der Waals surface area contributed by atoms with E-state index >= 15 is 0 Å². The van der Waals surface area contributed by atoms with E-state index in [0.717, 1.165) is 0 Å². The van der Waals surface area contributed by atoms with Gasteiger partial charge in [-0.25, -0.2) is 0 Å². The van der Waals surface area contributed by atoms with Gasteiger partial charge in [0.05, 0.1) is 4.21 Å². The van der Waals surface area contributed by atoms with Crippen molar-refractivity contribution < 1.29 is 0 Å². The lowest BCUT2D eigenvalue weighted by Gasteiger charge is -1.85. The molecule has 0 amide bonds. The highest BCUT2D eigenvalue weighted by atomic mass is 79.9. The van der Waals surface area contributed by atoms with Crippen molar-refractivity contribution in [2.75, 3.05) is 6.26 Å². The Morgan fingerprint density at radius 2 is 2.33 bits per heavy atom. The number of aryl methyl sites for hydroxylation is 1. The minimum atomic E-state index is 1.23. The van der Waals surface area contributed by atoms with Crippen LogP contribution in [0.5, 0.6) is 0 Å². The van der Waals surface area contributed by atoms with E-state index in [2.05, 4.69) is 35.2 Å². The zero-order valence-corrected chi connectivity index (χ0v) is 8.49. The van der Waals surface area contributed by atoms with E-state index in [-0.39, 0.29) is 0 Å². The first-order chi connectivity index (χ1) is 4.24. The maximum absolute atomic E-state index is 3.47. The molecule has 1 heterocycles. The highest BCUT2D eigenvalue weighted by Crippen LogP contribution is 2.33. The third-order valence-corrected chi connectivity index (χ3v) is 4.30. The largest absolute Gasteiger partial charge is 0.133 e. The van der Waals surface area contributed by atoms with Crippen molar-refractivity contribution >= 4 is 39.0 Å². The van der Waals surface area contributed by atoms with Crippen LogP contribution in [-0.2, 0) is 0 Å². The molecule has 0 radical (unpaired) electrons. The Balaban J connectivity index is 3.01. The number of hydrogen-bond acceptors (Lipinski definition) is 2. The summed E-state index contributed by atoms with van der Waals surface area (Å²) in [5.41, 5.74) is 0. The average Bonchev–Trinajstić information content (AvgIpc) is 2.10. The third kappa shape index (κ3) is 1.72. The summed E-state index contributed by atoms with van der Waals surface area (Å²) in [5.74, 6) is 0. The highest BCUT2D eigenvalue weighted by molar-refractivity contribution is 9.10. The van der Waals surface area contributed by atoms with Crippen LogP contribution in [0.3, 0.4) is 0 Å². The second-order valence-electron chi connectivity index (χ2n) is 1.70. The van der Waals surface area contributed by atoms with Gasteiger partial charge in [0, 0.05) is 9.35 Å². The quantitative estimate of drug-likeness (QED) is 0.656. The number of thiophene rings is 1. The van der Waals surface area contributed by atoms with E-state index in [1.54, 1.807) is 11.8 Å². The van der Waals surface area contributed by atoms with Gasteiger partial charge in [0.15, 0.2) is 0 Å². The molecule has 0 spiro atoms. The van der Waals surface area contributed by atoms with Gasteiger partial charge in [0.2, 0.25) is 0 Å². The summed E-state index contributed by atoms with van der Waals surface area (Å²) in [4.78, 5) is 1.37. The van der Waals surface area contributed by atoms with Crippen molar-refractivity contribution in [3.8, 4) is 0 Å². The molecule has 0 unspecified atom stereocenters. The molecule has 3 heteroatoms. The van der Waals surface area contributed by atoms with Crippen LogP contribution >= 0.6 is 39.0 Å². The Hall–Kier alpha value is 0.530. The summed E-state index contributed by atoms with van der Waals surface area (Å²) in [6.45, 7) is 2.12. The fourth-order valence-corrected chi connectivity index (χ4v) is 3.43. The zero-order chi connectivity index (χ0) is 6.85. The molecule has 1 rings (SSSR count). The van der Waals surface area contributed by atoms with Crippen molar-refractivity contribution in [2.24, 2.45) is 0 Å². The van der Waals surface area contributed by atoms with Crippen LogP contribution in [0, 0.1) is 6.92 Å². The standard InChI is InChI=1S/C6H7BrS2/c1-4-3-5(7)6(8-2)9-4/h3H,1-2H3. The van der Waals surface area contributed by atoms with Gasteiger partial charge in [-0.05, 0) is 35.2 Å². The van der Waals surface area contributed by atoms with Crippen molar-refractivity contribution in [3.05, 3.63) is 15.4 Å². The van der Waals surface area contributed by atoms with Gasteiger partial charge in [-0.2, -0.15) is 0 Å². The highest BCUT2D eigenvalue weighted by Gasteiger charge is 2.00. The fourth-order valence-electron chi connectivity index (χ4n) is 0.601. The summed E-state index contributed by atoms with van der Waals surface area (Å²) in [6, 6.07) is 2.15. The first kappa shape index (κ1) is 7.63. The lowest BCUT2D eigenvalue weighted by molar-refractivity contribution is 1.58. The monoisotopic (exact) mass is 222 g/mol. The molecule has 0 fully saturated rings. The van der Waals surface area contributed by atoms with E-state index in [9.17, 15) is 0 Å². The number of rotatable bonds is 1. The molecule has 0 saturated carbocycles. The van der Waals surface area contributed by atoms with Gasteiger partial charge >= 0.3 is 0 Å². The minimum Gasteiger partial charge on any atom is -0.133 e. The van der Waals surface area contributed by atoms with E-state index in [4.69, 9.17) is 0 Å². The molecule has 0 aliphatic carbocycles. The first-order valence-corrected chi connectivity index (χ1v) is 5.37. The molecular weight excluding hydrogens is 216 g/mol. The molecule has 0 aromatic carbocycles. The molecule has 0 nitrogen and oxygen atoms in total. The minimum absolute atomic E-state index is 1.23. The Bertz CT molecular complexity index is 205. The summed E-state index contributed by atoms with van der Waals surface area (Å²) < 4.78 is 2.60. The molecule has 0 bridgehead atoms. The van der Waals surface area contributed by atoms with E-state index in [1.807, 2.05) is 11.3 Å². The molecule has 0 saturated heterocycles. The second-order valence-corrected chi connectivity index (χ2v) is 4.88. The van der Waals surface area contributed by atoms with E-state index < -0.39 is 0 Å². The van der Waals surface area contributed by atoms with Crippen LogP contribution in [0.25, 0.3) is 0 Å². The van der Waals surface area contributed by atoms with Crippen molar-refractivity contribution in [1.82, 2.24) is 0 Å². The fraction of sp³-hybridized carbons (Fsp3) is 0.333. The molecule has 1 aromatic heterocycles. The summed E-state index contributed by atoms with van der Waals surface area (Å²) >= 11 is 7.09. The molecule has 0 aliphatic rings.